The summed E-state index contributed by atoms with van der Waals surface area (Å²) in [6.45, 7) is 6.09. The first-order valence-electron chi connectivity index (χ1n) is 9.23. The lowest BCUT2D eigenvalue weighted by atomic mass is 9.99. The normalized spacial score (nSPS) is 26.2. The second-order valence-corrected chi connectivity index (χ2v) is 7.11. The van der Waals surface area contributed by atoms with Crippen molar-refractivity contribution in [2.45, 2.75) is 38.0 Å². The van der Waals surface area contributed by atoms with E-state index < -0.39 is 0 Å². The Morgan fingerprint density at radius 2 is 1.92 bits per heavy atom. The molecule has 5 heteroatoms. The van der Waals surface area contributed by atoms with Crippen LogP contribution in [0.2, 0.25) is 0 Å². The maximum atomic E-state index is 13.0. The Morgan fingerprint density at radius 1 is 1.12 bits per heavy atom. The highest BCUT2D eigenvalue weighted by Gasteiger charge is 2.34. The number of carbonyl (C=O) groups excluding carboxylic acids is 1. The lowest BCUT2D eigenvalue weighted by Gasteiger charge is -2.41. The molecule has 0 aliphatic carbocycles. The van der Waals surface area contributed by atoms with Gasteiger partial charge in [-0.15, -0.1) is 0 Å². The van der Waals surface area contributed by atoms with Crippen molar-refractivity contribution in [3.63, 3.8) is 0 Å². The van der Waals surface area contributed by atoms with Crippen LogP contribution >= 0.6 is 0 Å². The second kappa shape index (κ2) is 7.21. The SMILES string of the molecule is O=C(C1CN(C2CCNCC2)CCO1)N1CCc2ccccc2C1. The molecule has 0 aromatic heterocycles. The van der Waals surface area contributed by atoms with Gasteiger partial charge in [0.15, 0.2) is 0 Å². The number of nitrogens with zero attached hydrogens (tertiary/aromatic N) is 2. The van der Waals surface area contributed by atoms with E-state index in [1.807, 2.05) is 4.90 Å². The fourth-order valence-electron chi connectivity index (χ4n) is 4.21. The zero-order chi connectivity index (χ0) is 16.4. The van der Waals surface area contributed by atoms with Gasteiger partial charge in [0.05, 0.1) is 6.61 Å². The molecule has 4 rings (SSSR count). The molecule has 2 fully saturated rings. The van der Waals surface area contributed by atoms with Gasteiger partial charge in [0.25, 0.3) is 5.91 Å². The average Bonchev–Trinajstić information content (AvgIpc) is 2.68. The van der Waals surface area contributed by atoms with Crippen molar-refractivity contribution >= 4 is 5.91 Å². The molecule has 0 radical (unpaired) electrons. The van der Waals surface area contributed by atoms with E-state index in [2.05, 4.69) is 34.5 Å². The van der Waals surface area contributed by atoms with Gasteiger partial charge in [0.2, 0.25) is 0 Å². The van der Waals surface area contributed by atoms with Crippen LogP contribution in [0.5, 0.6) is 0 Å². The van der Waals surface area contributed by atoms with Gasteiger partial charge in [-0.3, -0.25) is 9.69 Å². The van der Waals surface area contributed by atoms with E-state index in [4.69, 9.17) is 4.74 Å². The Balaban J connectivity index is 1.39. The van der Waals surface area contributed by atoms with Crippen LogP contribution in [-0.4, -0.2) is 67.2 Å². The van der Waals surface area contributed by atoms with Crippen LogP contribution in [0.1, 0.15) is 24.0 Å². The van der Waals surface area contributed by atoms with Crippen molar-refractivity contribution in [2.75, 3.05) is 39.3 Å². The predicted octanol–water partition coefficient (Wildman–Crippen LogP) is 1.02. The van der Waals surface area contributed by atoms with Crippen molar-refractivity contribution in [2.24, 2.45) is 0 Å². The van der Waals surface area contributed by atoms with Gasteiger partial charge in [-0.25, -0.2) is 0 Å². The zero-order valence-electron chi connectivity index (χ0n) is 14.2. The first-order chi connectivity index (χ1) is 11.8. The van der Waals surface area contributed by atoms with Crippen LogP contribution in [0.3, 0.4) is 0 Å². The minimum absolute atomic E-state index is 0.170. The topological polar surface area (TPSA) is 44.8 Å². The summed E-state index contributed by atoms with van der Waals surface area (Å²) in [5, 5.41) is 3.42. The quantitative estimate of drug-likeness (QED) is 0.880. The summed E-state index contributed by atoms with van der Waals surface area (Å²) < 4.78 is 5.85. The number of piperidine rings is 1. The number of fused-ring (bicyclic) bond motifs is 1. The molecular formula is C19H27N3O2. The Morgan fingerprint density at radius 3 is 2.75 bits per heavy atom. The number of nitrogens with one attached hydrogen (secondary N) is 1. The second-order valence-electron chi connectivity index (χ2n) is 7.11. The van der Waals surface area contributed by atoms with E-state index in [0.29, 0.717) is 12.6 Å². The van der Waals surface area contributed by atoms with Gasteiger partial charge in [-0.05, 0) is 43.5 Å². The molecule has 5 nitrogen and oxygen atoms in total. The van der Waals surface area contributed by atoms with Crippen molar-refractivity contribution in [3.8, 4) is 0 Å². The molecular weight excluding hydrogens is 302 g/mol. The summed E-state index contributed by atoms with van der Waals surface area (Å²) in [7, 11) is 0. The zero-order valence-corrected chi connectivity index (χ0v) is 14.2. The Bertz CT molecular complexity index is 586. The molecule has 0 saturated carbocycles. The average molecular weight is 329 g/mol. The van der Waals surface area contributed by atoms with Crippen LogP contribution in [0.25, 0.3) is 0 Å². The molecule has 0 spiro atoms. The van der Waals surface area contributed by atoms with E-state index in [0.717, 1.165) is 45.7 Å². The molecule has 1 amide bonds. The fourth-order valence-corrected chi connectivity index (χ4v) is 4.21. The van der Waals surface area contributed by atoms with E-state index in [-0.39, 0.29) is 12.0 Å². The molecule has 2 saturated heterocycles. The summed E-state index contributed by atoms with van der Waals surface area (Å²) >= 11 is 0. The van der Waals surface area contributed by atoms with E-state index in [1.54, 1.807) is 0 Å². The van der Waals surface area contributed by atoms with Crippen molar-refractivity contribution in [1.82, 2.24) is 15.1 Å². The van der Waals surface area contributed by atoms with Gasteiger partial charge >= 0.3 is 0 Å². The highest BCUT2D eigenvalue weighted by Crippen LogP contribution is 2.22. The molecule has 3 aliphatic heterocycles. The lowest BCUT2D eigenvalue weighted by Crippen LogP contribution is -2.55. The van der Waals surface area contributed by atoms with E-state index in [9.17, 15) is 4.79 Å². The van der Waals surface area contributed by atoms with Crippen LogP contribution in [0, 0.1) is 0 Å². The molecule has 1 unspecified atom stereocenters. The van der Waals surface area contributed by atoms with Crippen LogP contribution < -0.4 is 5.32 Å². The minimum Gasteiger partial charge on any atom is -0.366 e. The molecule has 3 aliphatic rings. The Hall–Kier alpha value is -1.43. The summed E-state index contributed by atoms with van der Waals surface area (Å²) in [4.78, 5) is 17.4. The number of carbonyl (C=O) groups is 1. The summed E-state index contributed by atoms with van der Waals surface area (Å²) in [6, 6.07) is 9.05. The van der Waals surface area contributed by atoms with Gasteiger partial charge in [-0.1, -0.05) is 24.3 Å². The molecule has 3 heterocycles. The highest BCUT2D eigenvalue weighted by atomic mass is 16.5. The monoisotopic (exact) mass is 329 g/mol. The number of hydrogen-bond donors (Lipinski definition) is 1. The summed E-state index contributed by atoms with van der Waals surface area (Å²) in [5.74, 6) is 0.170. The molecule has 1 aromatic carbocycles. The number of benzene rings is 1. The largest absolute Gasteiger partial charge is 0.366 e. The maximum absolute atomic E-state index is 13.0. The molecule has 1 atom stereocenters. The maximum Gasteiger partial charge on any atom is 0.253 e. The van der Waals surface area contributed by atoms with Crippen LogP contribution in [0.15, 0.2) is 24.3 Å². The Labute approximate surface area is 144 Å². The van der Waals surface area contributed by atoms with Crippen molar-refractivity contribution in [3.05, 3.63) is 35.4 Å². The summed E-state index contributed by atoms with van der Waals surface area (Å²) in [5.41, 5.74) is 2.66. The number of morpholine rings is 1. The third-order valence-corrected chi connectivity index (χ3v) is 5.64. The molecule has 130 valence electrons. The van der Waals surface area contributed by atoms with Crippen LogP contribution in [-0.2, 0) is 22.5 Å². The highest BCUT2D eigenvalue weighted by molar-refractivity contribution is 5.81. The first kappa shape index (κ1) is 16.1. The number of ether oxygens (including phenoxy) is 1. The first-order valence-corrected chi connectivity index (χ1v) is 9.23. The van der Waals surface area contributed by atoms with Crippen LogP contribution in [0.4, 0.5) is 0 Å². The third kappa shape index (κ3) is 3.34. The smallest absolute Gasteiger partial charge is 0.253 e. The molecule has 24 heavy (non-hydrogen) atoms. The minimum atomic E-state index is -0.293. The van der Waals surface area contributed by atoms with Crippen molar-refractivity contribution < 1.29 is 9.53 Å². The number of rotatable bonds is 2. The number of amides is 1. The molecule has 1 aromatic rings. The van der Waals surface area contributed by atoms with E-state index >= 15 is 0 Å². The molecule has 0 bridgehead atoms. The van der Waals surface area contributed by atoms with Gasteiger partial charge in [-0.2, -0.15) is 0 Å². The van der Waals surface area contributed by atoms with Gasteiger partial charge < -0.3 is 15.0 Å². The fraction of sp³-hybridized carbons (Fsp3) is 0.632. The number of hydrogen-bond acceptors (Lipinski definition) is 4. The summed E-state index contributed by atoms with van der Waals surface area (Å²) in [6.07, 6.45) is 3.02. The lowest BCUT2D eigenvalue weighted by molar-refractivity contribution is -0.151. The van der Waals surface area contributed by atoms with E-state index in [1.165, 1.54) is 24.0 Å². The standard InChI is InChI=1S/C19H27N3O2/c23-19(22-10-7-15-3-1-2-4-16(15)13-22)18-14-21(11-12-24-18)17-5-8-20-9-6-17/h1-4,17-18,20H,5-14H2. The predicted molar refractivity (Wildman–Crippen MR) is 92.8 cm³/mol. The van der Waals surface area contributed by atoms with Gasteiger partial charge in [0, 0.05) is 32.2 Å². The van der Waals surface area contributed by atoms with Gasteiger partial charge in [0.1, 0.15) is 6.10 Å². The van der Waals surface area contributed by atoms with Crippen molar-refractivity contribution in [1.29, 1.82) is 0 Å². The Kier molecular flexibility index (Phi) is 4.83. The molecule has 1 N–H and O–H groups in total. The third-order valence-electron chi connectivity index (χ3n) is 5.64.